The van der Waals surface area contributed by atoms with Gasteiger partial charge in [0.1, 0.15) is 5.58 Å². The molecule has 0 saturated carbocycles. The molecule has 0 saturated heterocycles. The summed E-state index contributed by atoms with van der Waals surface area (Å²) in [6.45, 7) is 2.10. The second kappa shape index (κ2) is 5.87. The topological polar surface area (TPSA) is 43.4 Å². The van der Waals surface area contributed by atoms with Crippen LogP contribution in [0.15, 0.2) is 68.6 Å². The zero-order valence-electron chi connectivity index (χ0n) is 10.1. The van der Waals surface area contributed by atoms with Gasteiger partial charge in [-0.2, -0.15) is 0 Å². The van der Waals surface area contributed by atoms with E-state index >= 15 is 0 Å². The molecule has 3 heteroatoms. The van der Waals surface area contributed by atoms with Crippen molar-refractivity contribution in [3.05, 3.63) is 71.0 Å². The van der Waals surface area contributed by atoms with Crippen molar-refractivity contribution < 1.29 is 8.83 Å². The molecule has 0 spiro atoms. The number of fused-ring (bicyclic) bond motifs is 1. The van der Waals surface area contributed by atoms with Gasteiger partial charge in [-0.25, -0.2) is 4.79 Å². The van der Waals surface area contributed by atoms with Crippen molar-refractivity contribution in [2.24, 2.45) is 0 Å². The van der Waals surface area contributed by atoms with E-state index in [1.54, 1.807) is 24.7 Å². The zero-order valence-corrected chi connectivity index (χ0v) is 10.1. The Morgan fingerprint density at radius 3 is 2.56 bits per heavy atom. The van der Waals surface area contributed by atoms with E-state index in [4.69, 9.17) is 8.83 Å². The molecule has 0 N–H and O–H groups in total. The molecular formula is C15H14O3. The van der Waals surface area contributed by atoms with Crippen molar-refractivity contribution in [2.75, 3.05) is 0 Å². The summed E-state index contributed by atoms with van der Waals surface area (Å²) in [6, 6.07) is 12.6. The second-order valence-corrected chi connectivity index (χ2v) is 3.78. The lowest BCUT2D eigenvalue weighted by molar-refractivity contribution is 0.561. The van der Waals surface area contributed by atoms with Gasteiger partial charge in [-0.3, -0.25) is 0 Å². The third-order valence-corrected chi connectivity index (χ3v) is 2.52. The van der Waals surface area contributed by atoms with Crippen LogP contribution >= 0.6 is 0 Å². The average molecular weight is 242 g/mol. The van der Waals surface area contributed by atoms with Gasteiger partial charge in [0.25, 0.3) is 0 Å². The van der Waals surface area contributed by atoms with Gasteiger partial charge in [-0.1, -0.05) is 25.1 Å². The van der Waals surface area contributed by atoms with E-state index in [0.717, 1.165) is 11.8 Å². The molecule has 0 atom stereocenters. The summed E-state index contributed by atoms with van der Waals surface area (Å²) in [5, 5.41) is 0.951. The minimum Gasteiger partial charge on any atom is -0.472 e. The van der Waals surface area contributed by atoms with Crippen LogP contribution in [0.1, 0.15) is 12.5 Å². The van der Waals surface area contributed by atoms with Crippen LogP contribution in [0, 0.1) is 0 Å². The predicted molar refractivity (Wildman–Crippen MR) is 70.6 cm³/mol. The molecule has 3 nitrogen and oxygen atoms in total. The first-order chi connectivity index (χ1) is 8.79. The van der Waals surface area contributed by atoms with Crippen LogP contribution in [-0.4, -0.2) is 0 Å². The van der Waals surface area contributed by atoms with Crippen LogP contribution in [0.2, 0.25) is 0 Å². The lowest BCUT2D eigenvalue weighted by atomic mass is 10.2. The summed E-state index contributed by atoms with van der Waals surface area (Å²) in [6.07, 6.45) is 4.52. The fraction of sp³-hybridized carbons (Fsp3) is 0.133. The maximum Gasteiger partial charge on any atom is 0.336 e. The monoisotopic (exact) mass is 242 g/mol. The Hall–Kier alpha value is -2.29. The third-order valence-electron chi connectivity index (χ3n) is 2.52. The van der Waals surface area contributed by atoms with Gasteiger partial charge in [-0.05, 0) is 30.2 Å². The van der Waals surface area contributed by atoms with E-state index < -0.39 is 0 Å². The number of benzene rings is 1. The first kappa shape index (κ1) is 12.2. The first-order valence-electron chi connectivity index (χ1n) is 5.79. The van der Waals surface area contributed by atoms with Crippen molar-refractivity contribution in [3.63, 3.8) is 0 Å². The molecule has 0 bridgehead atoms. The van der Waals surface area contributed by atoms with Gasteiger partial charge in [0, 0.05) is 11.5 Å². The molecule has 3 aromatic rings. The van der Waals surface area contributed by atoms with E-state index in [1.165, 1.54) is 11.6 Å². The van der Waals surface area contributed by atoms with Crippen molar-refractivity contribution in [2.45, 2.75) is 13.3 Å². The molecule has 18 heavy (non-hydrogen) atoms. The molecule has 92 valence electrons. The van der Waals surface area contributed by atoms with E-state index in [0.29, 0.717) is 5.58 Å². The highest BCUT2D eigenvalue weighted by Gasteiger charge is 1.92. The van der Waals surface area contributed by atoms with Gasteiger partial charge in [0.2, 0.25) is 0 Å². The van der Waals surface area contributed by atoms with Crippen LogP contribution in [0.4, 0.5) is 0 Å². The molecule has 0 radical (unpaired) electrons. The van der Waals surface area contributed by atoms with E-state index in [9.17, 15) is 4.79 Å². The minimum absolute atomic E-state index is 0.302. The molecule has 0 aliphatic heterocycles. The Labute approximate surface area is 105 Å². The fourth-order valence-electron chi connectivity index (χ4n) is 1.51. The summed E-state index contributed by atoms with van der Waals surface area (Å²) in [4.78, 5) is 10.7. The molecule has 0 fully saturated rings. The van der Waals surface area contributed by atoms with E-state index in [1.807, 2.05) is 24.3 Å². The van der Waals surface area contributed by atoms with Crippen molar-refractivity contribution in [1.82, 2.24) is 0 Å². The van der Waals surface area contributed by atoms with E-state index in [2.05, 4.69) is 6.92 Å². The number of para-hydroxylation sites is 1. The normalized spacial score (nSPS) is 9.83. The molecule has 0 aliphatic carbocycles. The number of furan rings is 1. The van der Waals surface area contributed by atoms with Crippen LogP contribution in [-0.2, 0) is 6.42 Å². The summed E-state index contributed by atoms with van der Waals surface area (Å²) < 4.78 is 9.71. The molecule has 0 aliphatic rings. The Kier molecular flexibility index (Phi) is 3.97. The Morgan fingerprint density at radius 2 is 1.89 bits per heavy atom. The number of hydrogen-bond acceptors (Lipinski definition) is 3. The van der Waals surface area contributed by atoms with Crippen molar-refractivity contribution in [1.29, 1.82) is 0 Å². The largest absolute Gasteiger partial charge is 0.472 e. The Morgan fingerprint density at radius 1 is 1.06 bits per heavy atom. The quantitative estimate of drug-likeness (QED) is 0.612. The van der Waals surface area contributed by atoms with Crippen LogP contribution < -0.4 is 5.63 Å². The van der Waals surface area contributed by atoms with Gasteiger partial charge < -0.3 is 8.83 Å². The SMILES string of the molecule is CCc1ccoc1.O=c1ccc2ccccc2o1. The van der Waals surface area contributed by atoms with E-state index in [-0.39, 0.29) is 5.63 Å². The Bertz CT molecular complexity index is 651. The van der Waals surface area contributed by atoms with Crippen LogP contribution in [0.5, 0.6) is 0 Å². The van der Waals surface area contributed by atoms with Gasteiger partial charge >= 0.3 is 5.63 Å². The lowest BCUT2D eigenvalue weighted by Gasteiger charge is -1.91. The second-order valence-electron chi connectivity index (χ2n) is 3.78. The molecule has 3 rings (SSSR count). The van der Waals surface area contributed by atoms with Crippen molar-refractivity contribution in [3.8, 4) is 0 Å². The molecular weight excluding hydrogens is 228 g/mol. The molecule has 0 unspecified atom stereocenters. The predicted octanol–water partition coefficient (Wildman–Crippen LogP) is 3.64. The standard InChI is InChI=1S/C9H6O2.C6H8O/c10-9-6-5-7-3-1-2-4-8(7)11-9;1-2-6-3-4-7-5-6/h1-6H;3-5H,2H2,1H3. The highest BCUT2D eigenvalue weighted by Crippen LogP contribution is 2.08. The third kappa shape index (κ3) is 3.10. The molecule has 2 heterocycles. The highest BCUT2D eigenvalue weighted by molar-refractivity contribution is 5.75. The van der Waals surface area contributed by atoms with Crippen molar-refractivity contribution >= 4 is 11.0 Å². The summed E-state index contributed by atoms with van der Waals surface area (Å²) in [5.41, 5.74) is 1.60. The minimum atomic E-state index is -0.302. The smallest absolute Gasteiger partial charge is 0.336 e. The summed E-state index contributed by atoms with van der Waals surface area (Å²) >= 11 is 0. The molecule has 1 aromatic carbocycles. The summed E-state index contributed by atoms with van der Waals surface area (Å²) in [5.74, 6) is 0. The fourth-order valence-corrected chi connectivity index (χ4v) is 1.51. The number of rotatable bonds is 1. The molecule has 0 amide bonds. The van der Waals surface area contributed by atoms with Gasteiger partial charge in [-0.15, -0.1) is 0 Å². The number of hydrogen-bond donors (Lipinski definition) is 0. The highest BCUT2D eigenvalue weighted by atomic mass is 16.4. The average Bonchev–Trinajstić information content (AvgIpc) is 2.92. The van der Waals surface area contributed by atoms with Crippen LogP contribution in [0.25, 0.3) is 11.0 Å². The maximum absolute atomic E-state index is 10.7. The van der Waals surface area contributed by atoms with Gasteiger partial charge in [0.05, 0.1) is 12.5 Å². The maximum atomic E-state index is 10.7. The molecule has 2 aromatic heterocycles. The first-order valence-corrected chi connectivity index (χ1v) is 5.79. The number of aryl methyl sites for hydroxylation is 1. The Balaban J connectivity index is 0.000000149. The van der Waals surface area contributed by atoms with Gasteiger partial charge in [0.15, 0.2) is 0 Å². The zero-order chi connectivity index (χ0) is 12.8. The summed E-state index contributed by atoms with van der Waals surface area (Å²) in [7, 11) is 0. The van der Waals surface area contributed by atoms with Crippen LogP contribution in [0.3, 0.4) is 0 Å². The lowest BCUT2D eigenvalue weighted by Crippen LogP contribution is -1.93.